The number of rotatable bonds is 4. The molecule has 0 bridgehead atoms. The van der Waals surface area contributed by atoms with Gasteiger partial charge in [0.2, 0.25) is 0 Å². The summed E-state index contributed by atoms with van der Waals surface area (Å²) in [5.41, 5.74) is 6.88. The molecule has 2 N–H and O–H groups in total. The van der Waals surface area contributed by atoms with E-state index in [1.165, 1.54) is 48.4 Å². The van der Waals surface area contributed by atoms with Crippen molar-refractivity contribution in [1.82, 2.24) is 4.98 Å². The Labute approximate surface area is 109 Å². The summed E-state index contributed by atoms with van der Waals surface area (Å²) in [5.74, 6) is 1.69. The molecule has 0 radical (unpaired) electrons. The smallest absolute Gasteiger partial charge is 0.0962 e. The van der Waals surface area contributed by atoms with Crippen LogP contribution in [0.5, 0.6) is 0 Å². The Morgan fingerprint density at radius 3 is 2.53 bits per heavy atom. The third-order valence-corrected chi connectivity index (χ3v) is 5.33. The van der Waals surface area contributed by atoms with Gasteiger partial charge in [0.25, 0.3) is 0 Å². The van der Waals surface area contributed by atoms with Crippen LogP contribution >= 0.6 is 11.3 Å². The second-order valence-electron chi connectivity index (χ2n) is 5.27. The molecule has 1 fully saturated rings. The van der Waals surface area contributed by atoms with Crippen LogP contribution in [0.1, 0.15) is 66.9 Å². The minimum Gasteiger partial charge on any atom is -0.326 e. The molecule has 0 unspecified atom stereocenters. The number of nitrogens with zero attached hydrogens (tertiary/aromatic N) is 1. The molecule has 1 aliphatic rings. The molecule has 3 heteroatoms. The quantitative estimate of drug-likeness (QED) is 0.880. The zero-order chi connectivity index (χ0) is 12.3. The molecule has 96 valence electrons. The summed E-state index contributed by atoms with van der Waals surface area (Å²) in [5, 5.41) is 1.35. The summed E-state index contributed by atoms with van der Waals surface area (Å²) >= 11 is 1.84. The van der Waals surface area contributed by atoms with Crippen LogP contribution in [-0.4, -0.2) is 4.98 Å². The number of thiazole rings is 1. The number of aromatic nitrogens is 1. The van der Waals surface area contributed by atoms with Crippen LogP contribution in [0.2, 0.25) is 0 Å². The van der Waals surface area contributed by atoms with E-state index in [9.17, 15) is 0 Å². The molecule has 1 heterocycles. The number of aryl methyl sites for hydroxylation is 1. The first kappa shape index (κ1) is 13.0. The molecule has 1 aromatic heterocycles. The predicted molar refractivity (Wildman–Crippen MR) is 74.3 cm³/mol. The zero-order valence-corrected chi connectivity index (χ0v) is 11.9. The van der Waals surface area contributed by atoms with Crippen molar-refractivity contribution in [2.45, 2.75) is 64.8 Å². The van der Waals surface area contributed by atoms with Crippen molar-refractivity contribution < 1.29 is 0 Å². The molecule has 1 aromatic rings. The third kappa shape index (κ3) is 3.08. The molecule has 1 saturated carbocycles. The lowest BCUT2D eigenvalue weighted by Crippen LogP contribution is -2.13. The highest BCUT2D eigenvalue weighted by Crippen LogP contribution is 2.39. The van der Waals surface area contributed by atoms with E-state index in [4.69, 9.17) is 10.7 Å². The van der Waals surface area contributed by atoms with Gasteiger partial charge in [-0.25, -0.2) is 4.98 Å². The molecule has 0 aromatic carbocycles. The Hall–Kier alpha value is -0.410. The maximum atomic E-state index is 5.73. The van der Waals surface area contributed by atoms with Crippen molar-refractivity contribution in [3.8, 4) is 0 Å². The van der Waals surface area contributed by atoms with Gasteiger partial charge in [0.15, 0.2) is 0 Å². The summed E-state index contributed by atoms with van der Waals surface area (Å²) < 4.78 is 0. The molecule has 2 rings (SSSR count). The molecule has 0 saturated heterocycles. The first-order chi connectivity index (χ1) is 8.24. The maximum Gasteiger partial charge on any atom is 0.0962 e. The van der Waals surface area contributed by atoms with E-state index in [0.29, 0.717) is 12.5 Å². The highest BCUT2D eigenvalue weighted by molar-refractivity contribution is 7.11. The van der Waals surface area contributed by atoms with Gasteiger partial charge in [0.05, 0.1) is 10.7 Å². The van der Waals surface area contributed by atoms with E-state index in [2.05, 4.69) is 13.8 Å². The van der Waals surface area contributed by atoms with Crippen LogP contribution in [0.15, 0.2) is 0 Å². The van der Waals surface area contributed by atoms with E-state index >= 15 is 0 Å². The second-order valence-corrected chi connectivity index (χ2v) is 6.39. The molecule has 0 amide bonds. The summed E-state index contributed by atoms with van der Waals surface area (Å²) in [6.45, 7) is 5.03. The van der Waals surface area contributed by atoms with Crippen molar-refractivity contribution in [3.05, 3.63) is 15.6 Å². The predicted octanol–water partition coefficient (Wildman–Crippen LogP) is 3.98. The van der Waals surface area contributed by atoms with Crippen molar-refractivity contribution in [2.75, 3.05) is 0 Å². The molecule has 0 spiro atoms. The Balaban J connectivity index is 1.95. The highest BCUT2D eigenvalue weighted by atomic mass is 32.1. The van der Waals surface area contributed by atoms with Crippen molar-refractivity contribution >= 4 is 11.3 Å². The fourth-order valence-electron chi connectivity index (χ4n) is 2.92. The van der Waals surface area contributed by atoms with Crippen molar-refractivity contribution in [1.29, 1.82) is 0 Å². The molecule has 1 aliphatic carbocycles. The van der Waals surface area contributed by atoms with E-state index in [0.717, 1.165) is 11.6 Å². The SMILES string of the molecule is CCCC1CCC(c2nc(C)c(CN)s2)CC1. The fourth-order valence-corrected chi connectivity index (χ4v) is 4.03. The standard InChI is InChI=1S/C14H24N2S/c1-3-4-11-5-7-12(8-6-11)14-16-10(2)13(9-15)17-14/h11-12H,3-9,15H2,1-2H3. The van der Waals surface area contributed by atoms with Crippen LogP contribution in [0.25, 0.3) is 0 Å². The van der Waals surface area contributed by atoms with Gasteiger partial charge in [-0.1, -0.05) is 19.8 Å². The molecule has 17 heavy (non-hydrogen) atoms. The first-order valence-corrected chi connectivity index (χ1v) is 7.72. The summed E-state index contributed by atoms with van der Waals surface area (Å²) in [7, 11) is 0. The van der Waals surface area contributed by atoms with Gasteiger partial charge < -0.3 is 5.73 Å². The summed E-state index contributed by atoms with van der Waals surface area (Å²) in [6, 6.07) is 0. The maximum absolute atomic E-state index is 5.73. The summed E-state index contributed by atoms with van der Waals surface area (Å²) in [6.07, 6.45) is 8.22. The molecule has 2 nitrogen and oxygen atoms in total. The van der Waals surface area contributed by atoms with Crippen molar-refractivity contribution in [3.63, 3.8) is 0 Å². The van der Waals surface area contributed by atoms with Crippen LogP contribution in [0, 0.1) is 12.8 Å². The lowest BCUT2D eigenvalue weighted by molar-refractivity contribution is 0.308. The van der Waals surface area contributed by atoms with E-state index in [-0.39, 0.29) is 0 Å². The topological polar surface area (TPSA) is 38.9 Å². The Morgan fingerprint density at radius 2 is 2.00 bits per heavy atom. The Morgan fingerprint density at radius 1 is 1.29 bits per heavy atom. The lowest BCUT2D eigenvalue weighted by atomic mass is 9.80. The minimum absolute atomic E-state index is 0.647. The van der Waals surface area contributed by atoms with Gasteiger partial charge in [-0.15, -0.1) is 11.3 Å². The van der Waals surface area contributed by atoms with Crippen LogP contribution in [0.3, 0.4) is 0 Å². The van der Waals surface area contributed by atoms with Gasteiger partial charge in [-0.2, -0.15) is 0 Å². The second kappa shape index (κ2) is 5.96. The molecular formula is C14H24N2S. The first-order valence-electron chi connectivity index (χ1n) is 6.90. The lowest BCUT2D eigenvalue weighted by Gasteiger charge is -2.26. The number of hydrogen-bond acceptors (Lipinski definition) is 3. The minimum atomic E-state index is 0.647. The van der Waals surface area contributed by atoms with Gasteiger partial charge in [-0.05, 0) is 38.5 Å². The van der Waals surface area contributed by atoms with Crippen LogP contribution < -0.4 is 5.73 Å². The molecule has 0 atom stereocenters. The third-order valence-electron chi connectivity index (χ3n) is 3.99. The van der Waals surface area contributed by atoms with Crippen LogP contribution in [0.4, 0.5) is 0 Å². The van der Waals surface area contributed by atoms with Gasteiger partial charge in [0.1, 0.15) is 0 Å². The van der Waals surface area contributed by atoms with Gasteiger partial charge in [0, 0.05) is 17.3 Å². The molecular weight excluding hydrogens is 228 g/mol. The monoisotopic (exact) mass is 252 g/mol. The van der Waals surface area contributed by atoms with Crippen molar-refractivity contribution in [2.24, 2.45) is 11.7 Å². The van der Waals surface area contributed by atoms with E-state index < -0.39 is 0 Å². The number of nitrogens with two attached hydrogens (primary N) is 1. The summed E-state index contributed by atoms with van der Waals surface area (Å²) in [4.78, 5) is 5.99. The van der Waals surface area contributed by atoms with E-state index in [1.807, 2.05) is 11.3 Å². The Bertz CT molecular complexity index is 351. The average molecular weight is 252 g/mol. The van der Waals surface area contributed by atoms with Crippen LogP contribution in [-0.2, 0) is 6.54 Å². The number of hydrogen-bond donors (Lipinski definition) is 1. The van der Waals surface area contributed by atoms with Gasteiger partial charge >= 0.3 is 0 Å². The average Bonchev–Trinajstić information content (AvgIpc) is 2.72. The highest BCUT2D eigenvalue weighted by Gasteiger charge is 2.24. The zero-order valence-electron chi connectivity index (χ0n) is 11.0. The Kier molecular flexibility index (Phi) is 4.57. The van der Waals surface area contributed by atoms with E-state index in [1.54, 1.807) is 0 Å². The molecule has 0 aliphatic heterocycles. The fraction of sp³-hybridized carbons (Fsp3) is 0.786. The van der Waals surface area contributed by atoms with Gasteiger partial charge in [-0.3, -0.25) is 0 Å². The normalized spacial score (nSPS) is 25.1. The largest absolute Gasteiger partial charge is 0.326 e.